The van der Waals surface area contributed by atoms with Crippen molar-refractivity contribution < 1.29 is 34.8 Å². The number of nitrogens with zero attached hydrogens (tertiary/aromatic N) is 1. The van der Waals surface area contributed by atoms with E-state index in [1.165, 1.54) is 4.90 Å². The van der Waals surface area contributed by atoms with Crippen molar-refractivity contribution in [3.63, 3.8) is 0 Å². The second kappa shape index (κ2) is 7.67. The Morgan fingerprint density at radius 3 is 2.38 bits per heavy atom. The highest BCUT2D eigenvalue weighted by atomic mass is 127. The zero-order chi connectivity index (χ0) is 23.9. The van der Waals surface area contributed by atoms with Crippen LogP contribution in [0.25, 0.3) is 0 Å². The molecule has 0 bridgehead atoms. The molecule has 0 fully saturated rings. The molecule has 4 atom stereocenters. The zero-order valence-electron chi connectivity index (χ0n) is 17.0. The lowest BCUT2D eigenvalue weighted by molar-refractivity contribution is -0.148. The third-order valence-corrected chi connectivity index (χ3v) is 8.41. The number of carbonyl (C=O) groups is 3. The number of amides is 1. The van der Waals surface area contributed by atoms with Crippen LogP contribution in [-0.2, 0) is 16.0 Å². The average molecular weight is 666 g/mol. The highest BCUT2D eigenvalue weighted by molar-refractivity contribution is 14.1. The van der Waals surface area contributed by atoms with E-state index in [0.29, 0.717) is 9.13 Å². The van der Waals surface area contributed by atoms with Crippen molar-refractivity contribution in [2.75, 3.05) is 14.1 Å². The second-order valence-corrected chi connectivity index (χ2v) is 10.8. The molecule has 11 heteroatoms. The molecule has 0 heterocycles. The number of phenols is 1. The summed E-state index contributed by atoms with van der Waals surface area (Å²) in [5.74, 6) is -6.41. The standard InChI is InChI=1S/C21H20I2N2O7/c1-25(2)14-8-4-6-3-7-9(22)5-10(23)15(26)12(7)16(27)11(6)18(29)21(8,32)19(30)13(17(14)28)20(24)31/h5-6,8,14,26,28-29,32H,3-4H2,1-2H3,(H2,24,31)/t6-,8-,14-,21-/m1/s1. The number of Topliss-reactive ketones (excluding diaryl/α,β-unsaturated/α-hetero) is 2. The minimum absolute atomic E-state index is 0.0297. The highest BCUT2D eigenvalue weighted by Gasteiger charge is 2.63. The van der Waals surface area contributed by atoms with Gasteiger partial charge in [-0.25, -0.2) is 0 Å². The van der Waals surface area contributed by atoms with Crippen LogP contribution in [0.3, 0.4) is 0 Å². The van der Waals surface area contributed by atoms with E-state index in [1.807, 2.05) is 22.6 Å². The molecule has 3 aliphatic carbocycles. The van der Waals surface area contributed by atoms with Crippen LogP contribution in [0.5, 0.6) is 5.75 Å². The van der Waals surface area contributed by atoms with E-state index < -0.39 is 58.0 Å². The van der Waals surface area contributed by atoms with Crippen LogP contribution < -0.4 is 5.73 Å². The van der Waals surface area contributed by atoms with Crippen LogP contribution >= 0.6 is 45.2 Å². The SMILES string of the molecule is CN(C)[C@H]1C(O)=C(C(N)=O)C(=O)[C@]2(O)C(O)=C3C(=O)c4c(O)c(I)cc(I)c4C[C@@H]3C[C@H]12. The number of carbonyl (C=O) groups excluding carboxylic acids is 3. The lowest BCUT2D eigenvalue weighted by Crippen LogP contribution is -2.63. The quantitative estimate of drug-likeness (QED) is 0.234. The average Bonchev–Trinajstić information content (AvgIpc) is 2.68. The second-order valence-electron chi connectivity index (χ2n) is 8.51. The first-order chi connectivity index (χ1) is 14.8. The Labute approximate surface area is 210 Å². The number of ketones is 2. The summed E-state index contributed by atoms with van der Waals surface area (Å²) in [6.45, 7) is 0. The molecular formula is C21H20I2N2O7. The lowest BCUT2D eigenvalue weighted by atomic mass is 9.58. The molecule has 0 spiro atoms. The van der Waals surface area contributed by atoms with E-state index in [4.69, 9.17) is 5.73 Å². The molecule has 0 saturated carbocycles. The number of aliphatic hydroxyl groups excluding tert-OH is 2. The molecule has 0 radical (unpaired) electrons. The van der Waals surface area contributed by atoms with E-state index in [1.54, 1.807) is 20.2 Å². The van der Waals surface area contributed by atoms with Crippen molar-refractivity contribution in [2.45, 2.75) is 24.5 Å². The molecule has 0 aromatic heterocycles. The van der Waals surface area contributed by atoms with Crippen molar-refractivity contribution in [2.24, 2.45) is 17.6 Å². The molecule has 0 aliphatic heterocycles. The van der Waals surface area contributed by atoms with Gasteiger partial charge < -0.3 is 26.2 Å². The first kappa shape index (κ1) is 23.4. The van der Waals surface area contributed by atoms with Gasteiger partial charge in [-0.15, -0.1) is 0 Å². The summed E-state index contributed by atoms with van der Waals surface area (Å²) < 4.78 is 1.23. The number of fused-ring (bicyclic) bond motifs is 3. The zero-order valence-corrected chi connectivity index (χ0v) is 21.3. The Balaban J connectivity index is 1.99. The fraction of sp³-hybridized carbons (Fsp3) is 0.381. The van der Waals surface area contributed by atoms with Crippen LogP contribution in [0, 0.1) is 19.0 Å². The van der Waals surface area contributed by atoms with E-state index in [2.05, 4.69) is 22.6 Å². The molecule has 4 rings (SSSR count). The molecule has 170 valence electrons. The van der Waals surface area contributed by atoms with Crippen LogP contribution in [0.1, 0.15) is 22.3 Å². The van der Waals surface area contributed by atoms with Gasteiger partial charge in [0.2, 0.25) is 5.78 Å². The van der Waals surface area contributed by atoms with Crippen molar-refractivity contribution in [3.8, 4) is 5.75 Å². The number of likely N-dealkylation sites (N-methyl/N-ethyl adjacent to an activating group) is 1. The van der Waals surface area contributed by atoms with Crippen molar-refractivity contribution >= 4 is 62.7 Å². The monoisotopic (exact) mass is 666 g/mol. The van der Waals surface area contributed by atoms with E-state index in [-0.39, 0.29) is 29.7 Å². The summed E-state index contributed by atoms with van der Waals surface area (Å²) >= 11 is 3.98. The largest absolute Gasteiger partial charge is 0.510 e. The van der Waals surface area contributed by atoms with E-state index in [0.717, 1.165) is 3.57 Å². The Morgan fingerprint density at radius 1 is 1.19 bits per heavy atom. The molecule has 1 aromatic carbocycles. The first-order valence-electron chi connectivity index (χ1n) is 9.68. The lowest BCUT2D eigenvalue weighted by Gasteiger charge is -2.50. The van der Waals surface area contributed by atoms with Crippen LogP contribution in [0.15, 0.2) is 28.7 Å². The maximum atomic E-state index is 13.4. The van der Waals surface area contributed by atoms with Gasteiger partial charge in [-0.2, -0.15) is 0 Å². The summed E-state index contributed by atoms with van der Waals surface area (Å²) in [5.41, 5.74) is 2.38. The van der Waals surface area contributed by atoms with Crippen LogP contribution in [0.2, 0.25) is 0 Å². The molecule has 1 aromatic rings. The number of primary amides is 1. The third kappa shape index (κ3) is 2.97. The Hall–Kier alpha value is -1.71. The van der Waals surface area contributed by atoms with E-state index in [9.17, 15) is 34.8 Å². The van der Waals surface area contributed by atoms with Gasteiger partial charge >= 0.3 is 0 Å². The Bertz CT molecular complexity index is 1170. The molecule has 6 N–H and O–H groups in total. The van der Waals surface area contributed by atoms with Gasteiger partial charge in [0.1, 0.15) is 22.8 Å². The topological polar surface area (TPSA) is 161 Å². The Morgan fingerprint density at radius 2 is 1.81 bits per heavy atom. The van der Waals surface area contributed by atoms with Crippen molar-refractivity contribution in [3.05, 3.63) is 47.0 Å². The molecule has 9 nitrogen and oxygen atoms in total. The van der Waals surface area contributed by atoms with Gasteiger partial charge in [-0.05, 0) is 89.7 Å². The third-order valence-electron chi connectivity index (χ3n) is 6.62. The normalized spacial score (nSPS) is 29.8. The van der Waals surface area contributed by atoms with Crippen molar-refractivity contribution in [1.82, 2.24) is 4.90 Å². The molecule has 0 unspecified atom stereocenters. The van der Waals surface area contributed by atoms with Gasteiger partial charge in [-0.3, -0.25) is 19.3 Å². The Kier molecular flexibility index (Phi) is 5.62. The van der Waals surface area contributed by atoms with Crippen LogP contribution in [0.4, 0.5) is 0 Å². The predicted molar refractivity (Wildman–Crippen MR) is 129 cm³/mol. The highest BCUT2D eigenvalue weighted by Crippen LogP contribution is 2.52. The van der Waals surface area contributed by atoms with Gasteiger partial charge in [0.05, 0.1) is 15.2 Å². The maximum absolute atomic E-state index is 13.4. The molecule has 32 heavy (non-hydrogen) atoms. The molecule has 0 saturated heterocycles. The fourth-order valence-corrected chi connectivity index (χ4v) is 7.22. The molecule has 3 aliphatic rings. The summed E-state index contributed by atoms with van der Waals surface area (Å²) in [4.78, 5) is 40.1. The molecular weight excluding hydrogens is 646 g/mol. The van der Waals surface area contributed by atoms with Gasteiger partial charge in [0.25, 0.3) is 5.91 Å². The minimum atomic E-state index is -2.62. The fourth-order valence-electron chi connectivity index (χ4n) is 5.24. The number of benzene rings is 1. The number of aromatic hydroxyl groups is 1. The summed E-state index contributed by atoms with van der Waals surface area (Å²) in [7, 11) is 3.19. The first-order valence-corrected chi connectivity index (χ1v) is 11.8. The molecule has 1 amide bonds. The predicted octanol–water partition coefficient (Wildman–Crippen LogP) is 1.33. The maximum Gasteiger partial charge on any atom is 0.255 e. The smallest absolute Gasteiger partial charge is 0.255 e. The van der Waals surface area contributed by atoms with Gasteiger partial charge in [-0.1, -0.05) is 0 Å². The van der Waals surface area contributed by atoms with Gasteiger partial charge in [0.15, 0.2) is 11.4 Å². The van der Waals surface area contributed by atoms with Crippen LogP contribution in [-0.4, -0.2) is 68.5 Å². The number of halogens is 2. The number of phenolic OH excluding ortho intramolecular Hbond substituents is 1. The number of rotatable bonds is 2. The number of aliphatic hydroxyl groups is 3. The minimum Gasteiger partial charge on any atom is -0.510 e. The number of allylic oxidation sites excluding steroid dienone is 1. The van der Waals surface area contributed by atoms with Crippen molar-refractivity contribution in [1.29, 1.82) is 0 Å². The van der Waals surface area contributed by atoms with Gasteiger partial charge in [0, 0.05) is 15.1 Å². The number of nitrogens with two attached hydrogens (primary N) is 1. The summed E-state index contributed by atoms with van der Waals surface area (Å²) in [6, 6.07) is 0.751. The summed E-state index contributed by atoms with van der Waals surface area (Å²) in [5, 5.41) is 43.9. The number of hydrogen-bond donors (Lipinski definition) is 5. The number of hydrogen-bond acceptors (Lipinski definition) is 8. The summed E-state index contributed by atoms with van der Waals surface area (Å²) in [6.07, 6.45) is 0.367. The van der Waals surface area contributed by atoms with E-state index >= 15 is 0 Å².